The van der Waals surface area contributed by atoms with Gasteiger partial charge in [-0.3, -0.25) is 4.79 Å². The van der Waals surface area contributed by atoms with Gasteiger partial charge in [0.2, 0.25) is 0 Å². The molecule has 1 amide bonds. The van der Waals surface area contributed by atoms with Crippen LogP contribution in [0.15, 0.2) is 89.5 Å². The van der Waals surface area contributed by atoms with Crippen molar-refractivity contribution in [3.8, 4) is 0 Å². The minimum absolute atomic E-state index is 0.111. The van der Waals surface area contributed by atoms with Gasteiger partial charge >= 0.3 is 0 Å². The summed E-state index contributed by atoms with van der Waals surface area (Å²) in [4.78, 5) is 13.4. The van der Waals surface area contributed by atoms with Crippen LogP contribution in [0.2, 0.25) is 0 Å². The molecule has 0 aliphatic heterocycles. The molecule has 2 aromatic carbocycles. The van der Waals surface area contributed by atoms with Crippen LogP contribution < -0.4 is 5.32 Å². The van der Waals surface area contributed by atoms with Crippen LogP contribution in [-0.4, -0.2) is 28.7 Å². The number of allylic oxidation sites excluding steroid dienone is 7. The summed E-state index contributed by atoms with van der Waals surface area (Å²) in [7, 11) is 1.60. The molecule has 1 unspecified atom stereocenters. The van der Waals surface area contributed by atoms with Crippen molar-refractivity contribution in [3.05, 3.63) is 112 Å². The molecule has 3 aromatic rings. The monoisotopic (exact) mass is 630 g/mol. The van der Waals surface area contributed by atoms with Crippen molar-refractivity contribution in [1.82, 2.24) is 9.88 Å². The number of fused-ring (bicyclic) bond motifs is 1. The minimum atomic E-state index is -0.321. The maximum absolute atomic E-state index is 14.9. The van der Waals surface area contributed by atoms with E-state index >= 15 is 0 Å². The summed E-state index contributed by atoms with van der Waals surface area (Å²) in [6, 6.07) is 13.2. The number of amides is 1. The zero-order valence-electron chi connectivity index (χ0n) is 26.7. The van der Waals surface area contributed by atoms with E-state index in [0.29, 0.717) is 32.7 Å². The molecule has 1 spiro atoms. The summed E-state index contributed by atoms with van der Waals surface area (Å²) >= 11 is 6.46. The van der Waals surface area contributed by atoms with E-state index in [4.69, 9.17) is 21.4 Å². The third kappa shape index (κ3) is 7.38. The Morgan fingerprint density at radius 2 is 1.89 bits per heavy atom. The average molecular weight is 631 g/mol. The fraction of sp³-hybridized carbons (Fsp3) is 0.395. The quantitative estimate of drug-likeness (QED) is 0.183. The molecule has 1 atom stereocenters. The Morgan fingerprint density at radius 1 is 1.18 bits per heavy atom. The van der Waals surface area contributed by atoms with E-state index in [1.807, 2.05) is 23.8 Å². The number of nitrogens with zero attached hydrogens (tertiary/aromatic N) is 1. The van der Waals surface area contributed by atoms with Gasteiger partial charge in [0.05, 0.1) is 35.5 Å². The maximum atomic E-state index is 14.9. The van der Waals surface area contributed by atoms with Crippen LogP contribution in [-0.2, 0) is 4.74 Å². The first-order valence-electron chi connectivity index (χ1n) is 16.0. The van der Waals surface area contributed by atoms with Crippen molar-refractivity contribution in [1.29, 1.82) is 0 Å². The number of benzene rings is 2. The number of hydrogen-bond donors (Lipinski definition) is 2. The van der Waals surface area contributed by atoms with Crippen LogP contribution in [0.4, 0.5) is 4.39 Å². The fourth-order valence-electron chi connectivity index (χ4n) is 6.32. The molecule has 3 fully saturated rings. The maximum Gasteiger partial charge on any atom is 0.253 e. The van der Waals surface area contributed by atoms with Gasteiger partial charge in [0.25, 0.3) is 5.91 Å². The molecular weight excluding hydrogens is 587 g/mol. The lowest BCUT2D eigenvalue weighted by atomic mass is 9.54. The Hall–Kier alpha value is -3.77. The lowest BCUT2D eigenvalue weighted by molar-refractivity contribution is -0.000604. The predicted molar refractivity (Wildman–Crippen MR) is 182 cm³/mol. The second-order valence-corrected chi connectivity index (χ2v) is 13.0. The molecule has 0 saturated heterocycles. The van der Waals surface area contributed by atoms with Crippen molar-refractivity contribution < 1.29 is 19.0 Å². The summed E-state index contributed by atoms with van der Waals surface area (Å²) in [5, 5.41) is 12.3. The lowest BCUT2D eigenvalue weighted by Gasteiger charge is -2.54. The summed E-state index contributed by atoms with van der Waals surface area (Å²) in [5.74, 6) is 0.208. The Bertz CT molecular complexity index is 1650. The van der Waals surface area contributed by atoms with Gasteiger partial charge in [-0.2, -0.15) is 0 Å². The fourth-order valence-corrected chi connectivity index (χ4v) is 6.51. The van der Waals surface area contributed by atoms with Crippen LogP contribution in [0.5, 0.6) is 0 Å². The van der Waals surface area contributed by atoms with E-state index in [0.717, 1.165) is 48.8 Å². The van der Waals surface area contributed by atoms with Gasteiger partial charge in [-0.25, -0.2) is 4.39 Å². The summed E-state index contributed by atoms with van der Waals surface area (Å²) < 4.78 is 22.1. The zero-order chi connectivity index (χ0) is 32.1. The highest BCUT2D eigenvalue weighted by atomic mass is 35.5. The van der Waals surface area contributed by atoms with Crippen LogP contribution in [0.3, 0.4) is 0 Å². The standard InChI is InChI=1S/C34H38ClFN2O2.C4H6O/c1-5-6-8-26(19-30(35)23(3)40-4)25-11-9-24(10-12-25)22(2)38-18-15-28-31(36)14-13-29(32(28)38)33(39)37-27-20-34(21-27)16-7-17-34;5-3-4-1-2-4/h6,8-15,18-19,22,27H,5,7,16-17,20-21H2,1-4H3,(H,37,39);3,5H,1-2H2/b8-6-,26-19+,30-23-;. The Kier molecular flexibility index (Phi) is 10.2. The van der Waals surface area contributed by atoms with Crippen LogP contribution >= 0.6 is 11.6 Å². The molecule has 1 heterocycles. The van der Waals surface area contributed by atoms with E-state index < -0.39 is 0 Å². The van der Waals surface area contributed by atoms with E-state index in [1.54, 1.807) is 19.2 Å². The minimum Gasteiger partial charge on any atom is -0.516 e. The molecule has 45 heavy (non-hydrogen) atoms. The topological polar surface area (TPSA) is 63.5 Å². The predicted octanol–water partition coefficient (Wildman–Crippen LogP) is 10.1. The largest absolute Gasteiger partial charge is 0.516 e. The van der Waals surface area contributed by atoms with Crippen LogP contribution in [0.25, 0.3) is 16.5 Å². The molecule has 2 N–H and O–H groups in total. The summed E-state index contributed by atoms with van der Waals surface area (Å²) in [5.41, 5.74) is 5.86. The van der Waals surface area contributed by atoms with E-state index in [2.05, 4.69) is 55.6 Å². The Labute approximate surface area is 271 Å². The van der Waals surface area contributed by atoms with Gasteiger partial charge in [0.15, 0.2) is 0 Å². The number of ether oxygens (including phenoxy) is 1. The highest BCUT2D eigenvalue weighted by molar-refractivity contribution is 6.32. The molecular formula is C38H44ClFN2O3. The number of aliphatic hydroxyl groups is 1. The molecule has 0 radical (unpaired) electrons. The molecule has 7 heteroatoms. The van der Waals surface area contributed by atoms with Crippen molar-refractivity contribution in [2.45, 2.75) is 84.2 Å². The number of halogens is 2. The zero-order valence-corrected chi connectivity index (χ0v) is 27.5. The molecule has 5 nitrogen and oxygen atoms in total. The van der Waals surface area contributed by atoms with Crippen LogP contribution in [0, 0.1) is 11.2 Å². The van der Waals surface area contributed by atoms with Crippen molar-refractivity contribution in [3.63, 3.8) is 0 Å². The van der Waals surface area contributed by atoms with Crippen molar-refractivity contribution >= 4 is 34.0 Å². The first-order chi connectivity index (χ1) is 21.7. The van der Waals surface area contributed by atoms with Gasteiger partial charge in [0, 0.05) is 17.6 Å². The second-order valence-electron chi connectivity index (χ2n) is 12.6. The molecule has 3 aliphatic carbocycles. The number of methoxy groups -OCH3 is 1. The Balaban J connectivity index is 0.000000729. The molecule has 3 saturated carbocycles. The average Bonchev–Trinajstić information content (AvgIpc) is 3.76. The smallest absolute Gasteiger partial charge is 0.253 e. The van der Waals surface area contributed by atoms with Gasteiger partial charge < -0.3 is 19.7 Å². The van der Waals surface area contributed by atoms with E-state index in [-0.39, 0.29) is 23.8 Å². The van der Waals surface area contributed by atoms with E-state index in [9.17, 15) is 9.18 Å². The highest BCUT2D eigenvalue weighted by Gasteiger charge is 2.48. The summed E-state index contributed by atoms with van der Waals surface area (Å²) in [6.07, 6.45) is 18.3. The van der Waals surface area contributed by atoms with Gasteiger partial charge in [-0.15, -0.1) is 0 Å². The van der Waals surface area contributed by atoms with Crippen LogP contribution in [0.1, 0.15) is 99.7 Å². The van der Waals surface area contributed by atoms with Gasteiger partial charge in [-0.1, -0.05) is 61.4 Å². The first kappa shape index (κ1) is 32.6. The molecule has 1 aromatic heterocycles. The number of hydrogen-bond acceptors (Lipinski definition) is 3. The molecule has 6 rings (SSSR count). The summed E-state index contributed by atoms with van der Waals surface area (Å²) in [6.45, 7) is 6.00. The lowest BCUT2D eigenvalue weighted by Crippen LogP contribution is -2.53. The first-order valence-corrected chi connectivity index (χ1v) is 16.4. The Morgan fingerprint density at radius 3 is 2.44 bits per heavy atom. The number of carbonyl (C=O) groups is 1. The second kappa shape index (κ2) is 14.1. The number of aromatic nitrogens is 1. The highest BCUT2D eigenvalue weighted by Crippen LogP contribution is 2.55. The number of aliphatic hydroxyl groups excluding tert-OH is 1. The third-order valence-electron chi connectivity index (χ3n) is 9.50. The van der Waals surface area contributed by atoms with Crippen molar-refractivity contribution in [2.24, 2.45) is 5.41 Å². The van der Waals surface area contributed by atoms with Gasteiger partial charge in [0.1, 0.15) is 11.6 Å². The SMILES string of the molecule is CC\C=C/C(=C\C(Cl)=C(/C)OC)c1ccc(C(C)n2ccc3c(F)ccc(C(=O)NC4CC5(CCC5)C4)c32)cc1.OC=C1CC1. The number of nitrogens with one attached hydrogen (secondary N) is 1. The normalized spacial score (nSPS) is 18.4. The third-order valence-corrected chi connectivity index (χ3v) is 9.87. The van der Waals surface area contributed by atoms with E-state index in [1.165, 1.54) is 37.2 Å². The molecule has 3 aliphatic rings. The molecule has 0 bridgehead atoms. The number of carbonyl (C=O) groups excluding carboxylic acids is 1. The van der Waals surface area contributed by atoms with Gasteiger partial charge in [-0.05, 0) is 111 Å². The number of rotatable bonds is 9. The molecule has 238 valence electrons. The van der Waals surface area contributed by atoms with Crippen molar-refractivity contribution in [2.75, 3.05) is 7.11 Å².